The van der Waals surface area contributed by atoms with Crippen LogP contribution in [0.25, 0.3) is 0 Å². The predicted molar refractivity (Wildman–Crippen MR) is 108 cm³/mol. The van der Waals surface area contributed by atoms with E-state index in [9.17, 15) is 4.79 Å². The number of nitrogens with zero attached hydrogens (tertiary/aromatic N) is 1. The van der Waals surface area contributed by atoms with Crippen molar-refractivity contribution in [2.45, 2.75) is 25.8 Å². The molecule has 25 heavy (non-hydrogen) atoms. The molecule has 1 atom stereocenters. The average Bonchev–Trinajstić information content (AvgIpc) is 2.58. The first kappa shape index (κ1) is 23.2. The molecule has 1 amide bonds. The molecule has 0 bridgehead atoms. The molecule has 0 saturated carbocycles. The molecule has 1 heterocycles. The monoisotopic (exact) mass is 384 g/mol. The van der Waals surface area contributed by atoms with Gasteiger partial charge in [-0.15, -0.1) is 24.8 Å². The van der Waals surface area contributed by atoms with Gasteiger partial charge in [-0.05, 0) is 37.5 Å². The third-order valence-electron chi connectivity index (χ3n) is 3.59. The Labute approximate surface area is 161 Å². The number of nitrogens with two attached hydrogens (primary N) is 1. The van der Waals surface area contributed by atoms with Crippen molar-refractivity contribution in [3.8, 4) is 0 Å². The molecule has 138 valence electrons. The highest BCUT2D eigenvalue weighted by Gasteiger charge is 2.14. The Kier molecular flexibility index (Phi) is 11.6. The molecule has 0 aliphatic rings. The number of aryl methyl sites for hydroxylation is 1. The Hall–Kier alpha value is -1.82. The number of halogens is 2. The highest BCUT2D eigenvalue weighted by molar-refractivity contribution is 5.85. The number of nitrogens with one attached hydrogen (secondary N) is 2. The Bertz CT molecular complexity index is 608. The van der Waals surface area contributed by atoms with E-state index in [4.69, 9.17) is 5.73 Å². The SMILES string of the molecule is Cc1ccc(C(N)C(=O)NCCCCNc2ccccn2)cc1.Cl.Cl. The van der Waals surface area contributed by atoms with E-state index in [0.29, 0.717) is 6.54 Å². The maximum absolute atomic E-state index is 12.0. The van der Waals surface area contributed by atoms with E-state index in [1.54, 1.807) is 6.20 Å². The Balaban J connectivity index is 0.00000288. The maximum Gasteiger partial charge on any atom is 0.241 e. The van der Waals surface area contributed by atoms with Crippen molar-refractivity contribution < 1.29 is 4.79 Å². The molecule has 1 aromatic heterocycles. The van der Waals surface area contributed by atoms with Crippen molar-refractivity contribution in [3.05, 3.63) is 59.8 Å². The Morgan fingerprint density at radius 1 is 1.08 bits per heavy atom. The first-order valence-corrected chi connectivity index (χ1v) is 7.91. The number of benzene rings is 1. The molecule has 0 aliphatic heterocycles. The number of hydrogen-bond donors (Lipinski definition) is 3. The van der Waals surface area contributed by atoms with Crippen LogP contribution in [0.5, 0.6) is 0 Å². The first-order valence-electron chi connectivity index (χ1n) is 7.91. The minimum Gasteiger partial charge on any atom is -0.370 e. The quantitative estimate of drug-likeness (QED) is 0.610. The minimum atomic E-state index is -0.609. The topological polar surface area (TPSA) is 80.0 Å². The zero-order chi connectivity index (χ0) is 16.5. The summed E-state index contributed by atoms with van der Waals surface area (Å²) < 4.78 is 0. The number of carbonyl (C=O) groups is 1. The molecule has 2 aromatic rings. The van der Waals surface area contributed by atoms with Crippen LogP contribution in [0.1, 0.15) is 30.0 Å². The van der Waals surface area contributed by atoms with Crippen molar-refractivity contribution in [1.82, 2.24) is 10.3 Å². The third kappa shape index (κ3) is 8.20. The molecule has 1 unspecified atom stereocenters. The molecule has 4 N–H and O–H groups in total. The molecule has 1 aromatic carbocycles. The zero-order valence-corrected chi connectivity index (χ0v) is 15.9. The molecule has 0 aliphatic carbocycles. The normalized spacial score (nSPS) is 10.8. The molecular weight excluding hydrogens is 359 g/mol. The fourth-order valence-corrected chi connectivity index (χ4v) is 2.18. The summed E-state index contributed by atoms with van der Waals surface area (Å²) in [7, 11) is 0. The molecule has 0 spiro atoms. The lowest BCUT2D eigenvalue weighted by Gasteiger charge is -2.13. The van der Waals surface area contributed by atoms with Crippen molar-refractivity contribution in [2.24, 2.45) is 5.73 Å². The molecule has 7 heteroatoms. The smallest absolute Gasteiger partial charge is 0.241 e. The number of amides is 1. The number of pyridine rings is 1. The van der Waals surface area contributed by atoms with Crippen LogP contribution < -0.4 is 16.4 Å². The van der Waals surface area contributed by atoms with E-state index >= 15 is 0 Å². The van der Waals surface area contributed by atoms with E-state index in [1.165, 1.54) is 0 Å². The second kappa shape index (κ2) is 12.5. The third-order valence-corrected chi connectivity index (χ3v) is 3.59. The van der Waals surface area contributed by atoms with Gasteiger partial charge in [-0.25, -0.2) is 4.98 Å². The highest BCUT2D eigenvalue weighted by Crippen LogP contribution is 2.11. The highest BCUT2D eigenvalue weighted by atomic mass is 35.5. The van der Waals surface area contributed by atoms with Crippen molar-refractivity contribution in [2.75, 3.05) is 18.4 Å². The van der Waals surface area contributed by atoms with Gasteiger partial charge >= 0.3 is 0 Å². The summed E-state index contributed by atoms with van der Waals surface area (Å²) in [6, 6.07) is 12.9. The summed E-state index contributed by atoms with van der Waals surface area (Å²) in [5.41, 5.74) is 7.97. The number of rotatable bonds is 8. The van der Waals surface area contributed by atoms with Crippen LogP contribution in [0, 0.1) is 6.92 Å². The van der Waals surface area contributed by atoms with Crippen LogP contribution in [0.2, 0.25) is 0 Å². The van der Waals surface area contributed by atoms with Gasteiger partial charge < -0.3 is 16.4 Å². The number of unbranched alkanes of at least 4 members (excludes halogenated alkanes) is 1. The van der Waals surface area contributed by atoms with E-state index in [-0.39, 0.29) is 30.7 Å². The number of hydrogen-bond acceptors (Lipinski definition) is 4. The van der Waals surface area contributed by atoms with Crippen LogP contribution in [-0.2, 0) is 4.79 Å². The van der Waals surface area contributed by atoms with Crippen LogP contribution in [0.4, 0.5) is 5.82 Å². The molecule has 5 nitrogen and oxygen atoms in total. The van der Waals surface area contributed by atoms with Crippen molar-refractivity contribution >= 4 is 36.5 Å². The number of carbonyl (C=O) groups excluding carboxylic acids is 1. The van der Waals surface area contributed by atoms with Crippen molar-refractivity contribution in [3.63, 3.8) is 0 Å². The van der Waals surface area contributed by atoms with Gasteiger partial charge in [-0.2, -0.15) is 0 Å². The second-order valence-corrected chi connectivity index (χ2v) is 5.53. The molecule has 2 rings (SSSR count). The van der Waals surface area contributed by atoms with Gasteiger partial charge in [0, 0.05) is 19.3 Å². The standard InChI is InChI=1S/C18H24N4O.2ClH/c1-14-7-9-15(10-8-14)17(19)18(23)22-13-5-4-12-21-16-6-2-3-11-20-16;;/h2-3,6-11,17H,4-5,12-13,19H2,1H3,(H,20,21)(H,22,23);2*1H. The Morgan fingerprint density at radius 3 is 2.40 bits per heavy atom. The Morgan fingerprint density at radius 2 is 1.76 bits per heavy atom. The summed E-state index contributed by atoms with van der Waals surface area (Å²) in [6.45, 7) is 3.47. The van der Waals surface area contributed by atoms with Crippen LogP contribution in [0.15, 0.2) is 48.7 Å². The van der Waals surface area contributed by atoms with E-state index in [2.05, 4.69) is 15.6 Å². The largest absolute Gasteiger partial charge is 0.370 e. The summed E-state index contributed by atoms with van der Waals surface area (Å²) in [6.07, 6.45) is 3.61. The summed E-state index contributed by atoms with van der Waals surface area (Å²) in [5, 5.41) is 6.13. The minimum absolute atomic E-state index is 0. The molecular formula is C18H26Cl2N4O. The van der Waals surface area contributed by atoms with Gasteiger partial charge in [0.15, 0.2) is 0 Å². The van der Waals surface area contributed by atoms with E-state index in [1.807, 2.05) is 49.4 Å². The first-order chi connectivity index (χ1) is 11.2. The van der Waals surface area contributed by atoms with Gasteiger partial charge in [0.25, 0.3) is 0 Å². The molecule has 0 saturated heterocycles. The lowest BCUT2D eigenvalue weighted by Crippen LogP contribution is -2.34. The predicted octanol–water partition coefficient (Wildman–Crippen LogP) is 3.24. The van der Waals surface area contributed by atoms with E-state index < -0.39 is 6.04 Å². The summed E-state index contributed by atoms with van der Waals surface area (Å²) >= 11 is 0. The van der Waals surface area contributed by atoms with Gasteiger partial charge in [-0.3, -0.25) is 4.79 Å². The number of anilines is 1. The zero-order valence-electron chi connectivity index (χ0n) is 14.3. The van der Waals surface area contributed by atoms with Crippen LogP contribution >= 0.6 is 24.8 Å². The average molecular weight is 385 g/mol. The lowest BCUT2D eigenvalue weighted by atomic mass is 10.1. The second-order valence-electron chi connectivity index (χ2n) is 5.53. The number of aromatic nitrogens is 1. The van der Waals surface area contributed by atoms with Crippen LogP contribution in [0.3, 0.4) is 0 Å². The fourth-order valence-electron chi connectivity index (χ4n) is 2.18. The van der Waals surface area contributed by atoms with Gasteiger partial charge in [0.2, 0.25) is 5.91 Å². The van der Waals surface area contributed by atoms with Gasteiger partial charge in [-0.1, -0.05) is 35.9 Å². The summed E-state index contributed by atoms with van der Waals surface area (Å²) in [4.78, 5) is 16.2. The molecule has 0 fully saturated rings. The van der Waals surface area contributed by atoms with Gasteiger partial charge in [0.05, 0.1) is 0 Å². The van der Waals surface area contributed by atoms with Crippen molar-refractivity contribution in [1.29, 1.82) is 0 Å². The lowest BCUT2D eigenvalue weighted by molar-refractivity contribution is -0.122. The summed E-state index contributed by atoms with van der Waals surface area (Å²) in [5.74, 6) is 0.740. The fraction of sp³-hybridized carbons (Fsp3) is 0.333. The van der Waals surface area contributed by atoms with Crippen LogP contribution in [-0.4, -0.2) is 24.0 Å². The van der Waals surface area contributed by atoms with Gasteiger partial charge in [0.1, 0.15) is 11.9 Å². The maximum atomic E-state index is 12.0. The van der Waals surface area contributed by atoms with E-state index in [0.717, 1.165) is 36.3 Å². The molecule has 0 radical (unpaired) electrons.